The molecule has 1 saturated heterocycles. The summed E-state index contributed by atoms with van der Waals surface area (Å²) in [5, 5.41) is 12.7. The van der Waals surface area contributed by atoms with Gasteiger partial charge in [0.05, 0.1) is 29.5 Å². The average molecular weight is 842 g/mol. The number of unbranched alkanes of at least 4 members (excludes halogenated alkanes) is 1. The lowest BCUT2D eigenvalue weighted by atomic mass is 9.99. The number of halogens is 5. The molecule has 2 heterocycles. The second-order valence-electron chi connectivity index (χ2n) is 15.4. The number of Topliss-reactive ketones (excluding diaryl/α,β-unsaturated/α-hetero) is 1. The molecule has 0 spiro atoms. The summed E-state index contributed by atoms with van der Waals surface area (Å²) >= 11 is 5.55. The Kier molecular flexibility index (Phi) is 11.9. The number of aromatic amines is 1. The molecular weight excluding hydrogens is 802 g/mol. The lowest BCUT2D eigenvalue weighted by molar-refractivity contribution is -0.137. The number of hydrogen-bond acceptors (Lipinski definition) is 6. The summed E-state index contributed by atoms with van der Waals surface area (Å²) in [6.45, 7) is 3.98. The van der Waals surface area contributed by atoms with Crippen LogP contribution in [0, 0.1) is 23.0 Å². The van der Waals surface area contributed by atoms with E-state index in [2.05, 4.69) is 10.3 Å². The van der Waals surface area contributed by atoms with E-state index in [9.17, 15) is 31.9 Å². The molecule has 4 aromatic carbocycles. The molecule has 5 aromatic rings. The van der Waals surface area contributed by atoms with Gasteiger partial charge in [0.15, 0.2) is 10.9 Å². The molecule has 15 heteroatoms. The number of carbonyl (C=O) groups is 3. The third-order valence-corrected chi connectivity index (χ3v) is 11.3. The van der Waals surface area contributed by atoms with Gasteiger partial charge in [-0.25, -0.2) is 8.78 Å². The number of rotatable bonds is 13. The lowest BCUT2D eigenvalue weighted by Gasteiger charge is -2.29. The summed E-state index contributed by atoms with van der Waals surface area (Å²) in [7, 11) is 0. The minimum atomic E-state index is -4.84. The molecule has 0 atom stereocenters. The van der Waals surface area contributed by atoms with E-state index in [0.717, 1.165) is 38.7 Å². The number of nitriles is 1. The number of aryl methyl sites for hydroxylation is 2. The van der Waals surface area contributed by atoms with Crippen LogP contribution in [0.15, 0.2) is 72.8 Å². The average Bonchev–Trinajstić information content (AvgIpc) is 3.58. The largest absolute Gasteiger partial charge is 0.417 e. The summed E-state index contributed by atoms with van der Waals surface area (Å²) in [5.41, 5.74) is 2.08. The number of ketones is 1. The van der Waals surface area contributed by atoms with E-state index in [-0.39, 0.29) is 41.2 Å². The minimum absolute atomic E-state index is 0.0505. The zero-order chi connectivity index (χ0) is 42.9. The fourth-order valence-electron chi connectivity index (χ4n) is 7.84. The number of alkyl halides is 3. The smallest absolute Gasteiger partial charge is 0.381 e. The Labute approximate surface area is 348 Å². The molecule has 1 aromatic heterocycles. The van der Waals surface area contributed by atoms with Crippen LogP contribution in [0.1, 0.15) is 84.1 Å². The molecule has 1 fully saturated rings. The minimum Gasteiger partial charge on any atom is -0.381 e. The number of amides is 2. The Morgan fingerprint density at radius 2 is 1.72 bits per heavy atom. The monoisotopic (exact) mass is 841 g/mol. The van der Waals surface area contributed by atoms with Gasteiger partial charge in [-0.15, -0.1) is 0 Å². The maximum atomic E-state index is 15.4. The first-order valence-electron chi connectivity index (χ1n) is 19.5. The number of ether oxygens (including phenoxy) is 1. The van der Waals surface area contributed by atoms with Gasteiger partial charge in [0.1, 0.15) is 17.2 Å². The van der Waals surface area contributed by atoms with Crippen LogP contribution in [0.4, 0.5) is 33.3 Å². The number of nitrogens with one attached hydrogen (secondary N) is 2. The molecule has 1 aliphatic heterocycles. The number of H-pyrrole nitrogens is 1. The Bertz CT molecular complexity index is 2560. The molecule has 2 N–H and O–H groups in total. The number of nitrogens with zero attached hydrogens (tertiary/aromatic N) is 3. The molecule has 9 nitrogen and oxygen atoms in total. The molecule has 0 bridgehead atoms. The second kappa shape index (κ2) is 16.9. The van der Waals surface area contributed by atoms with Crippen molar-refractivity contribution in [2.24, 2.45) is 0 Å². The van der Waals surface area contributed by atoms with E-state index >= 15 is 4.39 Å². The maximum absolute atomic E-state index is 15.4. The van der Waals surface area contributed by atoms with E-state index in [4.69, 9.17) is 22.2 Å². The normalized spacial score (nSPS) is 15.1. The van der Waals surface area contributed by atoms with Gasteiger partial charge in [-0.3, -0.25) is 19.3 Å². The van der Waals surface area contributed by atoms with Crippen molar-refractivity contribution in [3.63, 3.8) is 0 Å². The van der Waals surface area contributed by atoms with Crippen molar-refractivity contribution in [2.45, 2.75) is 77.1 Å². The molecule has 60 heavy (non-hydrogen) atoms. The summed E-state index contributed by atoms with van der Waals surface area (Å²) in [4.78, 5) is 44.3. The maximum Gasteiger partial charge on any atom is 0.417 e. The fraction of sp³-hybridized carbons (Fsp3) is 0.311. The quantitative estimate of drug-likeness (QED) is 0.0689. The van der Waals surface area contributed by atoms with E-state index in [0.29, 0.717) is 74.4 Å². The van der Waals surface area contributed by atoms with Crippen LogP contribution < -0.4 is 15.1 Å². The zero-order valence-corrected chi connectivity index (χ0v) is 33.6. The summed E-state index contributed by atoms with van der Waals surface area (Å²) in [6, 6.07) is 19.3. The molecule has 2 amide bonds. The van der Waals surface area contributed by atoms with Crippen molar-refractivity contribution in [2.75, 3.05) is 23.0 Å². The summed E-state index contributed by atoms with van der Waals surface area (Å²) in [6.07, 6.45) is -1.31. The Hall–Kier alpha value is -5.98. The Balaban J connectivity index is 0.854. The van der Waals surface area contributed by atoms with Crippen LogP contribution in [0.5, 0.6) is 0 Å². The first-order valence-corrected chi connectivity index (χ1v) is 19.9. The second-order valence-corrected chi connectivity index (χ2v) is 15.7. The van der Waals surface area contributed by atoms with Gasteiger partial charge in [-0.05, 0) is 123 Å². The van der Waals surface area contributed by atoms with Gasteiger partial charge in [0.25, 0.3) is 5.91 Å². The highest BCUT2D eigenvalue weighted by Gasteiger charge is 2.51. The number of benzene rings is 4. The summed E-state index contributed by atoms with van der Waals surface area (Å²) in [5.74, 6) is -1.82. The molecule has 0 radical (unpaired) electrons. The molecule has 2 aliphatic rings. The van der Waals surface area contributed by atoms with Crippen LogP contribution >= 0.6 is 12.2 Å². The van der Waals surface area contributed by atoms with Gasteiger partial charge in [0, 0.05) is 53.8 Å². The lowest BCUT2D eigenvalue weighted by Crippen LogP contribution is -2.44. The van der Waals surface area contributed by atoms with Crippen LogP contribution in [0.25, 0.3) is 22.2 Å². The van der Waals surface area contributed by atoms with Gasteiger partial charge >= 0.3 is 6.18 Å². The molecule has 0 saturated carbocycles. The number of carbonyl (C=O) groups excluding carboxylic acids is 3. The van der Waals surface area contributed by atoms with Crippen molar-refractivity contribution in [3.05, 3.63) is 118 Å². The van der Waals surface area contributed by atoms with E-state index in [1.54, 1.807) is 26.0 Å². The highest BCUT2D eigenvalue weighted by atomic mass is 32.1. The summed E-state index contributed by atoms with van der Waals surface area (Å²) < 4.78 is 76.3. The molecule has 0 unspecified atom stereocenters. The van der Waals surface area contributed by atoms with Crippen LogP contribution in [0.2, 0.25) is 0 Å². The molecule has 310 valence electrons. The Morgan fingerprint density at radius 1 is 0.967 bits per heavy atom. The predicted molar refractivity (Wildman–Crippen MR) is 220 cm³/mol. The highest BCUT2D eigenvalue weighted by Crippen LogP contribution is 2.41. The van der Waals surface area contributed by atoms with Crippen molar-refractivity contribution in [1.29, 1.82) is 5.26 Å². The number of thiocarbonyl (C=S) groups is 1. The molecular formula is C45H40F5N5O4S. The topological polar surface area (TPSA) is 119 Å². The molecule has 1 aliphatic carbocycles. The van der Waals surface area contributed by atoms with Crippen LogP contribution in [0.3, 0.4) is 0 Å². The van der Waals surface area contributed by atoms with Gasteiger partial charge in [-0.2, -0.15) is 18.4 Å². The number of anilines is 2. The molecule has 7 rings (SSSR count). The third-order valence-electron chi connectivity index (χ3n) is 10.9. The highest BCUT2D eigenvalue weighted by molar-refractivity contribution is 7.81. The predicted octanol–water partition coefficient (Wildman–Crippen LogP) is 9.49. The standard InChI is InChI=1S/C45H40F5N5O4S/c1-44(2)42(58)54(31-15-14-29(24-51)35(22-31)45(48,49)50)43(60)55(44)32-16-13-27(36(47)23-32)6-3-4-18-59-19-17-39(57)52-25-26-9-11-28(12-10-26)41-33-7-5-8-38(56)34-20-30(46)21-37(53-41)40(33)34/h9-16,20-23,53H,3-8,17-19,25H2,1-2H3,(H,52,57). The third kappa shape index (κ3) is 8.39. The number of hydrogen-bond donors (Lipinski definition) is 2. The Morgan fingerprint density at radius 3 is 2.43 bits per heavy atom. The zero-order valence-electron chi connectivity index (χ0n) is 32.8. The van der Waals surface area contributed by atoms with Gasteiger partial charge < -0.3 is 19.9 Å². The van der Waals surface area contributed by atoms with Crippen LogP contribution in [-0.4, -0.2) is 46.4 Å². The van der Waals surface area contributed by atoms with E-state index < -0.39 is 40.4 Å². The van der Waals surface area contributed by atoms with Crippen molar-refractivity contribution in [1.82, 2.24) is 10.3 Å². The van der Waals surface area contributed by atoms with Crippen molar-refractivity contribution >= 4 is 57.2 Å². The first kappa shape index (κ1) is 42.2. The fourth-order valence-corrected chi connectivity index (χ4v) is 8.37. The van der Waals surface area contributed by atoms with Crippen LogP contribution in [-0.2, 0) is 39.9 Å². The van der Waals surface area contributed by atoms with Gasteiger partial charge in [0.2, 0.25) is 5.91 Å². The SMILES string of the molecule is CC1(C)C(=O)N(c2ccc(C#N)c(C(F)(F)F)c2)C(=S)N1c1ccc(CCCCOCCC(=O)NCc2ccc(-c3[nH]c4cc(F)cc5c4c3CCCC5=O)cc2)c(F)c1. The number of aromatic nitrogens is 1. The van der Waals surface area contributed by atoms with E-state index in [1.165, 1.54) is 35.2 Å². The van der Waals surface area contributed by atoms with Crippen molar-refractivity contribution in [3.8, 4) is 17.3 Å². The van der Waals surface area contributed by atoms with Crippen molar-refractivity contribution < 1.29 is 41.1 Å². The van der Waals surface area contributed by atoms with E-state index in [1.807, 2.05) is 24.3 Å². The van der Waals surface area contributed by atoms with Gasteiger partial charge in [-0.1, -0.05) is 30.3 Å². The first-order chi connectivity index (χ1) is 28.6.